The number of rotatable bonds is 4. The largest absolute Gasteiger partial charge is 0.481 e. The van der Waals surface area contributed by atoms with Gasteiger partial charge in [0.25, 0.3) is 0 Å². The van der Waals surface area contributed by atoms with Gasteiger partial charge in [0.2, 0.25) is 5.88 Å². The summed E-state index contributed by atoms with van der Waals surface area (Å²) in [5.74, 6) is -0.636. The summed E-state index contributed by atoms with van der Waals surface area (Å²) in [4.78, 5) is 4.47. The molecule has 1 aliphatic heterocycles. The third kappa shape index (κ3) is 3.06. The zero-order chi connectivity index (χ0) is 18.1. The van der Waals surface area contributed by atoms with Crippen LogP contribution in [0.4, 0.5) is 8.78 Å². The Balaban J connectivity index is 1.77. The summed E-state index contributed by atoms with van der Waals surface area (Å²) in [6.07, 6.45) is 0.787. The first-order chi connectivity index (χ1) is 12.7. The molecule has 3 aromatic rings. The van der Waals surface area contributed by atoms with E-state index in [-0.39, 0.29) is 6.54 Å². The Bertz CT molecular complexity index is 955. The van der Waals surface area contributed by atoms with Gasteiger partial charge in [0, 0.05) is 48.5 Å². The fourth-order valence-corrected chi connectivity index (χ4v) is 3.23. The van der Waals surface area contributed by atoms with E-state index in [0.29, 0.717) is 23.7 Å². The molecular formula is C19H18F2N4O. The van der Waals surface area contributed by atoms with Crippen LogP contribution in [-0.4, -0.2) is 28.4 Å². The average molecular weight is 356 g/mol. The summed E-state index contributed by atoms with van der Waals surface area (Å²) in [5.41, 5.74) is 3.98. The van der Waals surface area contributed by atoms with Crippen molar-refractivity contribution in [2.24, 2.45) is 0 Å². The molecule has 1 N–H and O–H groups in total. The molecule has 7 heteroatoms. The zero-order valence-corrected chi connectivity index (χ0v) is 14.3. The van der Waals surface area contributed by atoms with Crippen LogP contribution in [0.1, 0.15) is 16.8 Å². The van der Waals surface area contributed by atoms with Gasteiger partial charge in [-0.05, 0) is 12.1 Å². The van der Waals surface area contributed by atoms with Gasteiger partial charge in [-0.25, -0.2) is 13.8 Å². The molecule has 0 unspecified atom stereocenters. The first kappa shape index (κ1) is 16.7. The Morgan fingerprint density at radius 3 is 2.92 bits per heavy atom. The lowest BCUT2D eigenvalue weighted by Gasteiger charge is -2.16. The lowest BCUT2D eigenvalue weighted by Crippen LogP contribution is -2.25. The van der Waals surface area contributed by atoms with Crippen molar-refractivity contribution in [3.63, 3.8) is 0 Å². The van der Waals surface area contributed by atoms with E-state index in [2.05, 4.69) is 10.3 Å². The second kappa shape index (κ2) is 6.84. The number of nitrogens with one attached hydrogen (secondary N) is 1. The predicted molar refractivity (Wildman–Crippen MR) is 92.9 cm³/mol. The van der Waals surface area contributed by atoms with Crippen LogP contribution < -0.4 is 10.1 Å². The maximum atomic E-state index is 14.1. The lowest BCUT2D eigenvalue weighted by atomic mass is 10.0. The van der Waals surface area contributed by atoms with Gasteiger partial charge in [-0.15, -0.1) is 0 Å². The highest BCUT2D eigenvalue weighted by molar-refractivity contribution is 5.61. The van der Waals surface area contributed by atoms with Gasteiger partial charge in [0.1, 0.15) is 17.3 Å². The molecule has 26 heavy (non-hydrogen) atoms. The Morgan fingerprint density at radius 1 is 1.23 bits per heavy atom. The maximum absolute atomic E-state index is 14.1. The van der Waals surface area contributed by atoms with Crippen molar-refractivity contribution in [2.75, 3.05) is 13.7 Å². The summed E-state index contributed by atoms with van der Waals surface area (Å²) in [6, 6.07) is 9.14. The third-order valence-corrected chi connectivity index (χ3v) is 4.52. The molecule has 0 spiro atoms. The minimum Gasteiger partial charge on any atom is -0.481 e. The minimum absolute atomic E-state index is 0.248. The molecule has 1 aromatic carbocycles. The molecule has 134 valence electrons. The number of nitrogens with zero attached hydrogens (tertiary/aromatic N) is 3. The van der Waals surface area contributed by atoms with E-state index in [9.17, 15) is 8.78 Å². The summed E-state index contributed by atoms with van der Waals surface area (Å²) in [6.45, 7) is 1.75. The molecule has 1 aliphatic rings. The SMILES string of the molecule is COc1cccc(-c2nn(Cc3ccc(F)cc3F)c3c2CNCC3)n1. The van der Waals surface area contributed by atoms with E-state index in [1.807, 2.05) is 12.1 Å². The normalized spacial score (nSPS) is 13.5. The van der Waals surface area contributed by atoms with Crippen molar-refractivity contribution in [2.45, 2.75) is 19.5 Å². The van der Waals surface area contributed by atoms with Gasteiger partial charge in [-0.2, -0.15) is 5.10 Å². The number of pyridine rings is 1. The Hall–Kier alpha value is -2.80. The van der Waals surface area contributed by atoms with Crippen molar-refractivity contribution >= 4 is 0 Å². The molecule has 0 atom stereocenters. The quantitative estimate of drug-likeness (QED) is 0.781. The van der Waals surface area contributed by atoms with E-state index in [1.54, 1.807) is 17.9 Å². The second-order valence-corrected chi connectivity index (χ2v) is 6.16. The zero-order valence-electron chi connectivity index (χ0n) is 14.3. The third-order valence-electron chi connectivity index (χ3n) is 4.52. The van der Waals surface area contributed by atoms with Gasteiger partial charge in [-0.3, -0.25) is 4.68 Å². The van der Waals surface area contributed by atoms with E-state index in [0.717, 1.165) is 36.0 Å². The highest BCUT2D eigenvalue weighted by Crippen LogP contribution is 2.28. The van der Waals surface area contributed by atoms with Crippen LogP contribution in [-0.2, 0) is 19.5 Å². The number of hydrogen-bond acceptors (Lipinski definition) is 4. The smallest absolute Gasteiger partial charge is 0.213 e. The fourth-order valence-electron chi connectivity index (χ4n) is 3.23. The Labute approximate surface area is 149 Å². The van der Waals surface area contributed by atoms with E-state index in [1.165, 1.54) is 12.1 Å². The number of methoxy groups -OCH3 is 1. The molecular weight excluding hydrogens is 338 g/mol. The van der Waals surface area contributed by atoms with Gasteiger partial charge in [0.15, 0.2) is 0 Å². The van der Waals surface area contributed by atoms with Gasteiger partial charge >= 0.3 is 0 Å². The van der Waals surface area contributed by atoms with Crippen LogP contribution in [0.5, 0.6) is 5.88 Å². The van der Waals surface area contributed by atoms with E-state index in [4.69, 9.17) is 9.84 Å². The first-order valence-electron chi connectivity index (χ1n) is 8.40. The van der Waals surface area contributed by atoms with Gasteiger partial charge in [0.05, 0.1) is 19.3 Å². The van der Waals surface area contributed by atoms with Crippen LogP contribution in [0.2, 0.25) is 0 Å². The summed E-state index contributed by atoms with van der Waals surface area (Å²) >= 11 is 0. The topological polar surface area (TPSA) is 52.0 Å². The monoisotopic (exact) mass is 356 g/mol. The number of fused-ring (bicyclic) bond motifs is 1. The predicted octanol–water partition coefficient (Wildman–Crippen LogP) is 2.93. The van der Waals surface area contributed by atoms with Crippen molar-refractivity contribution in [3.8, 4) is 17.3 Å². The van der Waals surface area contributed by atoms with Crippen molar-refractivity contribution in [1.82, 2.24) is 20.1 Å². The standard InChI is InChI=1S/C19H18F2N4O/c1-26-18-4-2-3-16(23-18)19-14-10-22-8-7-17(14)25(24-19)11-12-5-6-13(20)9-15(12)21/h2-6,9,22H,7-8,10-11H2,1H3. The Kier molecular flexibility index (Phi) is 4.38. The summed E-state index contributed by atoms with van der Waals surface area (Å²) in [5, 5.41) is 8.03. The molecule has 0 fully saturated rings. The molecule has 0 saturated carbocycles. The molecule has 4 rings (SSSR count). The van der Waals surface area contributed by atoms with Crippen LogP contribution in [0.3, 0.4) is 0 Å². The molecule has 3 heterocycles. The van der Waals surface area contributed by atoms with Gasteiger partial charge < -0.3 is 10.1 Å². The van der Waals surface area contributed by atoms with Crippen molar-refractivity contribution in [3.05, 3.63) is 64.9 Å². The van der Waals surface area contributed by atoms with Crippen molar-refractivity contribution < 1.29 is 13.5 Å². The highest BCUT2D eigenvalue weighted by atomic mass is 19.1. The summed E-state index contributed by atoms with van der Waals surface area (Å²) < 4.78 is 34.2. The fraction of sp³-hybridized carbons (Fsp3) is 0.263. The van der Waals surface area contributed by atoms with Crippen LogP contribution in [0.15, 0.2) is 36.4 Å². The van der Waals surface area contributed by atoms with Gasteiger partial charge in [-0.1, -0.05) is 12.1 Å². The molecule has 0 saturated heterocycles. The number of aromatic nitrogens is 3. The second-order valence-electron chi connectivity index (χ2n) is 6.16. The molecule has 0 aliphatic carbocycles. The molecule has 0 bridgehead atoms. The number of ether oxygens (including phenoxy) is 1. The number of halogens is 2. The molecule has 5 nitrogen and oxygen atoms in total. The molecule has 0 amide bonds. The average Bonchev–Trinajstić information content (AvgIpc) is 3.03. The van der Waals surface area contributed by atoms with Crippen LogP contribution in [0, 0.1) is 11.6 Å². The Morgan fingerprint density at radius 2 is 2.12 bits per heavy atom. The van der Waals surface area contributed by atoms with E-state index < -0.39 is 11.6 Å². The molecule has 0 radical (unpaired) electrons. The maximum Gasteiger partial charge on any atom is 0.213 e. The first-order valence-corrected chi connectivity index (χ1v) is 8.40. The van der Waals surface area contributed by atoms with Crippen LogP contribution >= 0.6 is 0 Å². The number of benzene rings is 1. The molecule has 2 aromatic heterocycles. The minimum atomic E-state index is -0.584. The lowest BCUT2D eigenvalue weighted by molar-refractivity contribution is 0.398. The van der Waals surface area contributed by atoms with Crippen LogP contribution in [0.25, 0.3) is 11.4 Å². The summed E-state index contributed by atoms with van der Waals surface area (Å²) in [7, 11) is 1.57. The van der Waals surface area contributed by atoms with E-state index >= 15 is 0 Å². The highest BCUT2D eigenvalue weighted by Gasteiger charge is 2.23. The van der Waals surface area contributed by atoms with Crippen molar-refractivity contribution in [1.29, 1.82) is 0 Å². The number of hydrogen-bond donors (Lipinski definition) is 1.